The maximum absolute atomic E-state index is 12.8. The van der Waals surface area contributed by atoms with Crippen molar-refractivity contribution in [3.05, 3.63) is 47.5 Å². The minimum Gasteiger partial charge on any atom is -0.468 e. The Labute approximate surface area is 113 Å². The highest BCUT2D eigenvalue weighted by atomic mass is 16.5. The second kappa shape index (κ2) is 5.00. The summed E-state index contributed by atoms with van der Waals surface area (Å²) in [5.41, 5.74) is 1.04. The average molecular weight is 258 g/mol. The van der Waals surface area contributed by atoms with Gasteiger partial charge in [0.1, 0.15) is 0 Å². The highest BCUT2D eigenvalue weighted by molar-refractivity contribution is 6.15. The average Bonchev–Trinajstić information content (AvgIpc) is 2.79. The topological polar surface area (TPSA) is 43.4 Å². The fourth-order valence-electron chi connectivity index (χ4n) is 2.78. The van der Waals surface area contributed by atoms with Gasteiger partial charge in [0.05, 0.1) is 7.11 Å². The van der Waals surface area contributed by atoms with E-state index in [2.05, 4.69) is 6.58 Å². The molecule has 0 bridgehead atoms. The van der Waals surface area contributed by atoms with Crippen LogP contribution in [0.4, 0.5) is 0 Å². The number of ketones is 1. The largest absolute Gasteiger partial charge is 0.468 e. The number of carbonyl (C=O) groups is 2. The van der Waals surface area contributed by atoms with Crippen molar-refractivity contribution in [3.8, 4) is 0 Å². The maximum atomic E-state index is 12.8. The van der Waals surface area contributed by atoms with Crippen LogP contribution in [0.15, 0.2) is 36.4 Å². The second-order valence-electron chi connectivity index (χ2n) is 5.05. The maximum Gasteiger partial charge on any atom is 0.323 e. The lowest BCUT2D eigenvalue weighted by atomic mass is 9.76. The van der Waals surface area contributed by atoms with Gasteiger partial charge in [-0.05, 0) is 32.3 Å². The Hall–Kier alpha value is -1.90. The Bertz CT molecular complexity index is 545. The van der Waals surface area contributed by atoms with E-state index in [9.17, 15) is 9.59 Å². The molecule has 19 heavy (non-hydrogen) atoms. The SMILES string of the molecule is C=C1CCC[C@]1(C(=O)OC)C(=O)c1cccc(C)c1. The van der Waals surface area contributed by atoms with Crippen LogP contribution in [-0.2, 0) is 9.53 Å². The molecule has 0 aromatic heterocycles. The first-order valence-electron chi connectivity index (χ1n) is 6.40. The molecule has 0 N–H and O–H groups in total. The first-order chi connectivity index (χ1) is 9.02. The fraction of sp³-hybridized carbons (Fsp3) is 0.375. The van der Waals surface area contributed by atoms with Gasteiger partial charge in [0.15, 0.2) is 11.2 Å². The molecule has 100 valence electrons. The number of esters is 1. The Balaban J connectivity index is 2.48. The summed E-state index contributed by atoms with van der Waals surface area (Å²) in [6.45, 7) is 5.85. The van der Waals surface area contributed by atoms with Crippen LogP contribution >= 0.6 is 0 Å². The molecule has 0 amide bonds. The number of hydrogen-bond acceptors (Lipinski definition) is 3. The molecule has 1 fully saturated rings. The van der Waals surface area contributed by atoms with Crippen LogP contribution in [0.5, 0.6) is 0 Å². The van der Waals surface area contributed by atoms with Crippen LogP contribution in [-0.4, -0.2) is 18.9 Å². The predicted octanol–water partition coefficient (Wildman–Crippen LogP) is 3.08. The van der Waals surface area contributed by atoms with E-state index in [1.807, 2.05) is 19.1 Å². The minimum atomic E-state index is -1.18. The van der Waals surface area contributed by atoms with Gasteiger partial charge in [0.25, 0.3) is 0 Å². The highest BCUT2D eigenvalue weighted by Crippen LogP contribution is 2.45. The van der Waals surface area contributed by atoms with Crippen molar-refractivity contribution in [2.45, 2.75) is 26.2 Å². The van der Waals surface area contributed by atoms with Gasteiger partial charge < -0.3 is 4.74 Å². The van der Waals surface area contributed by atoms with Crippen molar-refractivity contribution in [1.82, 2.24) is 0 Å². The first kappa shape index (κ1) is 13.5. The van der Waals surface area contributed by atoms with E-state index in [-0.39, 0.29) is 5.78 Å². The number of Topliss-reactive ketones (excluding diaryl/α,β-unsaturated/α-hetero) is 1. The summed E-state index contributed by atoms with van der Waals surface area (Å²) in [7, 11) is 1.32. The molecule has 1 saturated carbocycles. The van der Waals surface area contributed by atoms with Gasteiger partial charge in [-0.3, -0.25) is 9.59 Å². The van der Waals surface area contributed by atoms with E-state index in [4.69, 9.17) is 4.74 Å². The van der Waals surface area contributed by atoms with Gasteiger partial charge >= 0.3 is 5.97 Å². The van der Waals surface area contributed by atoms with Crippen molar-refractivity contribution in [3.63, 3.8) is 0 Å². The molecule has 0 aliphatic heterocycles. The number of aryl methyl sites for hydroxylation is 1. The van der Waals surface area contributed by atoms with Crippen molar-refractivity contribution < 1.29 is 14.3 Å². The molecule has 3 heteroatoms. The van der Waals surface area contributed by atoms with Gasteiger partial charge in [-0.1, -0.05) is 35.9 Å². The Morgan fingerprint density at radius 2 is 2.11 bits per heavy atom. The number of methoxy groups -OCH3 is 1. The first-order valence-corrected chi connectivity index (χ1v) is 6.40. The van der Waals surface area contributed by atoms with E-state index < -0.39 is 11.4 Å². The quantitative estimate of drug-likeness (QED) is 0.362. The summed E-state index contributed by atoms with van der Waals surface area (Å²) in [5, 5.41) is 0. The van der Waals surface area contributed by atoms with E-state index in [0.717, 1.165) is 12.0 Å². The minimum absolute atomic E-state index is 0.189. The molecule has 2 rings (SSSR count). The van der Waals surface area contributed by atoms with E-state index in [0.29, 0.717) is 24.0 Å². The third-order valence-electron chi connectivity index (χ3n) is 3.84. The zero-order chi connectivity index (χ0) is 14.0. The molecule has 1 atom stereocenters. The Morgan fingerprint density at radius 1 is 1.37 bits per heavy atom. The van der Waals surface area contributed by atoms with E-state index in [1.165, 1.54) is 7.11 Å². The van der Waals surface area contributed by atoms with Gasteiger partial charge in [-0.25, -0.2) is 0 Å². The van der Waals surface area contributed by atoms with Crippen molar-refractivity contribution >= 4 is 11.8 Å². The molecule has 0 saturated heterocycles. The monoisotopic (exact) mass is 258 g/mol. The lowest BCUT2D eigenvalue weighted by Gasteiger charge is -2.26. The molecular formula is C16H18O3. The molecule has 1 aromatic rings. The molecule has 0 spiro atoms. The molecular weight excluding hydrogens is 240 g/mol. The van der Waals surface area contributed by atoms with Gasteiger partial charge in [0, 0.05) is 5.56 Å². The third-order valence-corrected chi connectivity index (χ3v) is 3.84. The molecule has 0 unspecified atom stereocenters. The Kier molecular flexibility index (Phi) is 3.56. The number of hydrogen-bond donors (Lipinski definition) is 0. The van der Waals surface area contributed by atoms with E-state index >= 15 is 0 Å². The number of benzene rings is 1. The Morgan fingerprint density at radius 3 is 2.63 bits per heavy atom. The summed E-state index contributed by atoms with van der Waals surface area (Å²) in [6, 6.07) is 7.29. The second-order valence-corrected chi connectivity index (χ2v) is 5.05. The van der Waals surface area contributed by atoms with Crippen LogP contribution in [0.3, 0.4) is 0 Å². The zero-order valence-electron chi connectivity index (χ0n) is 11.4. The van der Waals surface area contributed by atoms with Crippen molar-refractivity contribution in [2.75, 3.05) is 7.11 Å². The van der Waals surface area contributed by atoms with Crippen LogP contribution in [0.2, 0.25) is 0 Å². The van der Waals surface area contributed by atoms with Crippen LogP contribution in [0, 0.1) is 12.3 Å². The summed E-state index contributed by atoms with van der Waals surface area (Å²) in [5.74, 6) is -0.674. The molecule has 3 nitrogen and oxygen atoms in total. The van der Waals surface area contributed by atoms with Crippen LogP contribution in [0.1, 0.15) is 35.2 Å². The summed E-state index contributed by atoms with van der Waals surface area (Å²) in [4.78, 5) is 24.9. The van der Waals surface area contributed by atoms with E-state index in [1.54, 1.807) is 12.1 Å². The number of ether oxygens (including phenoxy) is 1. The molecule has 0 heterocycles. The summed E-state index contributed by atoms with van der Waals surface area (Å²) >= 11 is 0. The molecule has 1 aliphatic carbocycles. The van der Waals surface area contributed by atoms with Gasteiger partial charge in [-0.15, -0.1) is 0 Å². The third kappa shape index (κ3) is 2.09. The summed E-state index contributed by atoms with van der Waals surface area (Å²) < 4.78 is 4.86. The smallest absolute Gasteiger partial charge is 0.323 e. The fourth-order valence-corrected chi connectivity index (χ4v) is 2.78. The highest BCUT2D eigenvalue weighted by Gasteiger charge is 2.51. The number of carbonyl (C=O) groups excluding carboxylic acids is 2. The molecule has 1 aliphatic rings. The predicted molar refractivity (Wildman–Crippen MR) is 72.9 cm³/mol. The number of rotatable bonds is 3. The summed E-state index contributed by atoms with van der Waals surface area (Å²) in [6.07, 6.45) is 1.99. The van der Waals surface area contributed by atoms with Gasteiger partial charge in [-0.2, -0.15) is 0 Å². The van der Waals surface area contributed by atoms with Crippen molar-refractivity contribution in [2.24, 2.45) is 5.41 Å². The molecule has 0 radical (unpaired) electrons. The normalized spacial score (nSPS) is 22.3. The standard InChI is InChI=1S/C16H18O3/c1-11-6-4-8-13(10-11)14(17)16(15(18)19-3)9-5-7-12(16)2/h4,6,8,10H,2,5,7,9H2,1,3H3/t16-/m1/s1. The van der Waals surface area contributed by atoms with Crippen LogP contribution in [0.25, 0.3) is 0 Å². The molecule has 1 aromatic carbocycles. The van der Waals surface area contributed by atoms with Gasteiger partial charge in [0.2, 0.25) is 0 Å². The van der Waals surface area contributed by atoms with Crippen LogP contribution < -0.4 is 0 Å². The lowest BCUT2D eigenvalue weighted by Crippen LogP contribution is -2.39. The zero-order valence-corrected chi connectivity index (χ0v) is 11.4. The lowest BCUT2D eigenvalue weighted by molar-refractivity contribution is -0.147. The van der Waals surface area contributed by atoms with Crippen molar-refractivity contribution in [1.29, 1.82) is 0 Å².